The summed E-state index contributed by atoms with van der Waals surface area (Å²) in [5.74, 6) is 0.845. The summed E-state index contributed by atoms with van der Waals surface area (Å²) < 4.78 is 11.0. The minimum Gasteiger partial charge on any atom is -0.507 e. The van der Waals surface area contributed by atoms with Gasteiger partial charge in [-0.2, -0.15) is 0 Å². The summed E-state index contributed by atoms with van der Waals surface area (Å²) in [5, 5.41) is 10.3. The first kappa shape index (κ1) is 13.7. The average molecular weight is 282 g/mol. The highest BCUT2D eigenvalue weighted by atomic mass is 35.5. The van der Waals surface area contributed by atoms with E-state index in [1.54, 1.807) is 18.2 Å². The van der Waals surface area contributed by atoms with Gasteiger partial charge in [0.1, 0.15) is 11.4 Å². The molecule has 0 unspecified atom stereocenters. The van der Waals surface area contributed by atoms with Gasteiger partial charge in [-0.15, -0.1) is 0 Å². The molecule has 0 aliphatic carbocycles. The quantitative estimate of drug-likeness (QED) is 0.911. The van der Waals surface area contributed by atoms with Crippen LogP contribution < -0.4 is 4.74 Å². The molecule has 5 heteroatoms. The molecule has 102 valence electrons. The van der Waals surface area contributed by atoms with Crippen LogP contribution in [0.25, 0.3) is 11.5 Å². The molecule has 0 aliphatic rings. The van der Waals surface area contributed by atoms with Crippen LogP contribution in [-0.4, -0.2) is 16.7 Å². The Kier molecular flexibility index (Phi) is 4.00. The normalized spacial score (nSPS) is 11.0. The number of rotatable bonds is 4. The molecule has 19 heavy (non-hydrogen) atoms. The van der Waals surface area contributed by atoms with E-state index in [1.807, 2.05) is 20.8 Å². The number of halogens is 1. The standard InChI is InChI=1S/C14H16ClNO3/c1-4-18-14-12(8(2)3)16-13(19-14)11-9(15)6-5-7-10(11)17/h5-8,17H,4H2,1-3H3. The lowest BCUT2D eigenvalue weighted by Gasteiger charge is -2.02. The summed E-state index contributed by atoms with van der Waals surface area (Å²) in [4.78, 5) is 4.38. The third-order valence-corrected chi connectivity index (χ3v) is 2.96. The molecular formula is C14H16ClNO3. The van der Waals surface area contributed by atoms with Crippen molar-refractivity contribution in [2.24, 2.45) is 0 Å². The van der Waals surface area contributed by atoms with Crippen molar-refractivity contribution in [1.29, 1.82) is 0 Å². The van der Waals surface area contributed by atoms with Gasteiger partial charge in [-0.25, -0.2) is 4.98 Å². The van der Waals surface area contributed by atoms with Crippen LogP contribution >= 0.6 is 11.6 Å². The summed E-state index contributed by atoms with van der Waals surface area (Å²) in [5.41, 5.74) is 1.10. The summed E-state index contributed by atoms with van der Waals surface area (Å²) in [6.07, 6.45) is 0. The Balaban J connectivity index is 2.54. The molecule has 1 heterocycles. The molecule has 1 aromatic carbocycles. The smallest absolute Gasteiger partial charge is 0.309 e. The number of phenolic OH excluding ortho intramolecular Hbond substituents is 1. The SMILES string of the molecule is CCOc1oc(-c2c(O)cccc2Cl)nc1C(C)C. The van der Waals surface area contributed by atoms with Gasteiger partial charge in [-0.05, 0) is 19.1 Å². The number of aromatic nitrogens is 1. The fourth-order valence-corrected chi connectivity index (χ4v) is 2.00. The molecule has 0 fully saturated rings. The highest BCUT2D eigenvalue weighted by Gasteiger charge is 2.21. The fraction of sp³-hybridized carbons (Fsp3) is 0.357. The van der Waals surface area contributed by atoms with Gasteiger partial charge >= 0.3 is 5.95 Å². The van der Waals surface area contributed by atoms with E-state index in [1.165, 1.54) is 0 Å². The monoisotopic (exact) mass is 281 g/mol. The molecule has 0 bridgehead atoms. The first-order valence-corrected chi connectivity index (χ1v) is 6.53. The number of hydrogen-bond donors (Lipinski definition) is 1. The van der Waals surface area contributed by atoms with Gasteiger partial charge in [0.25, 0.3) is 0 Å². The zero-order valence-corrected chi connectivity index (χ0v) is 11.9. The van der Waals surface area contributed by atoms with Gasteiger partial charge in [-0.3, -0.25) is 0 Å². The van der Waals surface area contributed by atoms with E-state index in [4.69, 9.17) is 20.8 Å². The van der Waals surface area contributed by atoms with Crippen molar-refractivity contribution >= 4 is 11.6 Å². The van der Waals surface area contributed by atoms with Crippen molar-refractivity contribution in [3.05, 3.63) is 28.9 Å². The minimum absolute atomic E-state index is 0.0344. The second-order valence-corrected chi connectivity index (χ2v) is 4.82. The molecule has 2 rings (SSSR count). The number of oxazole rings is 1. The van der Waals surface area contributed by atoms with Crippen LogP contribution in [0.3, 0.4) is 0 Å². The van der Waals surface area contributed by atoms with Crippen LogP contribution in [0.15, 0.2) is 22.6 Å². The molecule has 0 amide bonds. The van der Waals surface area contributed by atoms with E-state index < -0.39 is 0 Å². The lowest BCUT2D eigenvalue weighted by atomic mass is 10.1. The van der Waals surface area contributed by atoms with Crippen LogP contribution in [-0.2, 0) is 0 Å². The third-order valence-electron chi connectivity index (χ3n) is 2.65. The summed E-state index contributed by atoms with van der Waals surface area (Å²) in [6, 6.07) is 4.88. The van der Waals surface area contributed by atoms with Gasteiger partial charge in [0, 0.05) is 5.92 Å². The molecule has 0 saturated carbocycles. The number of hydrogen-bond acceptors (Lipinski definition) is 4. The van der Waals surface area contributed by atoms with Crippen molar-refractivity contribution in [2.75, 3.05) is 6.61 Å². The largest absolute Gasteiger partial charge is 0.507 e. The maximum absolute atomic E-state index is 9.89. The van der Waals surface area contributed by atoms with Crippen LogP contribution in [0.1, 0.15) is 32.4 Å². The van der Waals surface area contributed by atoms with Crippen LogP contribution in [0.2, 0.25) is 5.02 Å². The third kappa shape index (κ3) is 2.68. The number of ether oxygens (including phenoxy) is 1. The molecule has 2 aromatic rings. The first-order valence-electron chi connectivity index (χ1n) is 6.16. The second kappa shape index (κ2) is 5.53. The van der Waals surface area contributed by atoms with Gasteiger partial charge in [0.15, 0.2) is 0 Å². The second-order valence-electron chi connectivity index (χ2n) is 4.41. The van der Waals surface area contributed by atoms with Crippen LogP contribution in [0.5, 0.6) is 11.7 Å². The molecule has 1 aromatic heterocycles. The summed E-state index contributed by atoms with van der Waals surface area (Å²) in [6.45, 7) is 6.36. The van der Waals surface area contributed by atoms with E-state index in [2.05, 4.69) is 4.98 Å². The zero-order valence-electron chi connectivity index (χ0n) is 11.1. The molecule has 4 nitrogen and oxygen atoms in total. The molecule has 0 atom stereocenters. The van der Waals surface area contributed by atoms with Gasteiger partial charge < -0.3 is 14.3 Å². The van der Waals surface area contributed by atoms with Crippen molar-refractivity contribution in [3.8, 4) is 23.1 Å². The van der Waals surface area contributed by atoms with Crippen molar-refractivity contribution < 1.29 is 14.3 Å². The molecular weight excluding hydrogens is 266 g/mol. The number of phenols is 1. The van der Waals surface area contributed by atoms with Crippen molar-refractivity contribution in [1.82, 2.24) is 4.98 Å². The topological polar surface area (TPSA) is 55.5 Å². The number of nitrogens with zero attached hydrogens (tertiary/aromatic N) is 1. The summed E-state index contributed by atoms with van der Waals surface area (Å²) in [7, 11) is 0. The Morgan fingerprint density at radius 2 is 2.16 bits per heavy atom. The predicted octanol–water partition coefficient (Wildman–Crippen LogP) is 4.22. The Bertz CT molecular complexity index is 558. The Morgan fingerprint density at radius 1 is 1.42 bits per heavy atom. The van der Waals surface area contributed by atoms with E-state index in [0.717, 1.165) is 5.69 Å². The lowest BCUT2D eigenvalue weighted by Crippen LogP contribution is -1.96. The van der Waals surface area contributed by atoms with Crippen molar-refractivity contribution in [2.45, 2.75) is 26.7 Å². The van der Waals surface area contributed by atoms with Gasteiger partial charge in [-0.1, -0.05) is 31.5 Å². The van der Waals surface area contributed by atoms with E-state index in [0.29, 0.717) is 23.1 Å². The van der Waals surface area contributed by atoms with Gasteiger partial charge in [0.05, 0.1) is 17.2 Å². The van der Waals surface area contributed by atoms with Crippen LogP contribution in [0, 0.1) is 0 Å². The van der Waals surface area contributed by atoms with Crippen LogP contribution in [0.4, 0.5) is 0 Å². The fourth-order valence-electron chi connectivity index (χ4n) is 1.75. The summed E-state index contributed by atoms with van der Waals surface area (Å²) >= 11 is 6.08. The maximum Gasteiger partial charge on any atom is 0.309 e. The van der Waals surface area contributed by atoms with E-state index >= 15 is 0 Å². The number of benzene rings is 1. The molecule has 0 saturated heterocycles. The van der Waals surface area contributed by atoms with E-state index in [9.17, 15) is 5.11 Å². The maximum atomic E-state index is 9.89. The molecule has 0 radical (unpaired) electrons. The highest BCUT2D eigenvalue weighted by Crippen LogP contribution is 2.39. The minimum atomic E-state index is 0.0344. The molecule has 1 N–H and O–H groups in total. The average Bonchev–Trinajstić information content (AvgIpc) is 2.73. The zero-order chi connectivity index (χ0) is 14.0. The number of aromatic hydroxyl groups is 1. The Labute approximate surface area is 117 Å². The lowest BCUT2D eigenvalue weighted by molar-refractivity contribution is 0.256. The Morgan fingerprint density at radius 3 is 2.74 bits per heavy atom. The van der Waals surface area contributed by atoms with Crippen molar-refractivity contribution in [3.63, 3.8) is 0 Å². The molecule has 0 spiro atoms. The Hall–Kier alpha value is -1.68. The molecule has 0 aliphatic heterocycles. The van der Waals surface area contributed by atoms with Gasteiger partial charge in [0.2, 0.25) is 5.89 Å². The predicted molar refractivity (Wildman–Crippen MR) is 73.9 cm³/mol. The highest BCUT2D eigenvalue weighted by molar-refractivity contribution is 6.33. The first-order chi connectivity index (χ1) is 9.04. The van der Waals surface area contributed by atoms with E-state index in [-0.39, 0.29) is 17.6 Å².